The van der Waals surface area contributed by atoms with Crippen molar-refractivity contribution in [2.24, 2.45) is 0 Å². The van der Waals surface area contributed by atoms with Gasteiger partial charge in [-0.1, -0.05) is 48.0 Å². The predicted molar refractivity (Wildman–Crippen MR) is 107 cm³/mol. The van der Waals surface area contributed by atoms with E-state index < -0.39 is 0 Å². The first-order valence-electron chi connectivity index (χ1n) is 8.61. The number of aryl methyl sites for hydroxylation is 2. The molecule has 3 rings (SSSR count). The van der Waals surface area contributed by atoms with E-state index in [2.05, 4.69) is 5.32 Å². The normalized spacial score (nSPS) is 15.5. The van der Waals surface area contributed by atoms with Crippen LogP contribution in [0.3, 0.4) is 0 Å². The molecule has 2 aromatic rings. The molecule has 0 aliphatic carbocycles. The summed E-state index contributed by atoms with van der Waals surface area (Å²) in [6, 6.07) is 15.0. The fourth-order valence-electron chi connectivity index (χ4n) is 2.71. The van der Waals surface area contributed by atoms with Crippen molar-refractivity contribution in [1.29, 1.82) is 0 Å². The Labute approximate surface area is 162 Å². The minimum Gasteiger partial charge on any atom is -0.350 e. The van der Waals surface area contributed by atoms with Crippen molar-refractivity contribution in [3.05, 3.63) is 75.7 Å². The van der Waals surface area contributed by atoms with Gasteiger partial charge in [0, 0.05) is 18.7 Å². The van der Waals surface area contributed by atoms with Gasteiger partial charge in [-0.05, 0) is 48.9 Å². The first kappa shape index (κ1) is 18.9. The van der Waals surface area contributed by atoms with Crippen LogP contribution < -0.4 is 5.32 Å². The van der Waals surface area contributed by atoms with Crippen molar-refractivity contribution in [2.45, 2.75) is 13.8 Å². The lowest BCUT2D eigenvalue weighted by Gasteiger charge is -2.13. The van der Waals surface area contributed by atoms with Gasteiger partial charge in [-0.25, -0.2) is 0 Å². The summed E-state index contributed by atoms with van der Waals surface area (Å²) in [7, 11) is 0. The highest BCUT2D eigenvalue weighted by atomic mass is 32.2. The first-order chi connectivity index (χ1) is 13.0. The number of hydrogen-bond donors (Lipinski definition) is 1. The second-order valence-corrected chi connectivity index (χ2v) is 7.31. The number of rotatable bonds is 5. The van der Waals surface area contributed by atoms with E-state index in [9.17, 15) is 14.4 Å². The van der Waals surface area contributed by atoms with E-state index in [4.69, 9.17) is 0 Å². The molecule has 0 bridgehead atoms. The second kappa shape index (κ2) is 8.22. The molecule has 0 spiro atoms. The van der Waals surface area contributed by atoms with Gasteiger partial charge in [0.25, 0.3) is 17.1 Å². The van der Waals surface area contributed by atoms with Gasteiger partial charge in [0.05, 0.1) is 4.91 Å². The monoisotopic (exact) mass is 380 g/mol. The topological polar surface area (TPSA) is 66.5 Å². The quantitative estimate of drug-likeness (QED) is 0.802. The number of carbonyl (C=O) groups excluding carboxylic acids is 3. The zero-order valence-electron chi connectivity index (χ0n) is 15.2. The molecule has 1 saturated heterocycles. The van der Waals surface area contributed by atoms with Crippen LogP contribution >= 0.6 is 11.8 Å². The third kappa shape index (κ3) is 4.46. The molecule has 3 amide bonds. The smallest absolute Gasteiger partial charge is 0.293 e. The van der Waals surface area contributed by atoms with Gasteiger partial charge in [0.2, 0.25) is 0 Å². The minimum atomic E-state index is -0.323. The van der Waals surface area contributed by atoms with Gasteiger partial charge in [0.15, 0.2) is 0 Å². The summed E-state index contributed by atoms with van der Waals surface area (Å²) in [6.45, 7) is 4.21. The summed E-state index contributed by atoms with van der Waals surface area (Å²) >= 11 is 0.924. The van der Waals surface area contributed by atoms with Gasteiger partial charge in [-0.3, -0.25) is 19.3 Å². The van der Waals surface area contributed by atoms with Gasteiger partial charge in [-0.15, -0.1) is 0 Å². The van der Waals surface area contributed by atoms with Crippen molar-refractivity contribution in [2.75, 3.05) is 13.1 Å². The Morgan fingerprint density at radius 2 is 1.78 bits per heavy atom. The minimum absolute atomic E-state index is 0.146. The molecule has 1 aliphatic heterocycles. The van der Waals surface area contributed by atoms with Crippen LogP contribution in [0, 0.1) is 13.8 Å². The number of amides is 3. The molecule has 0 saturated carbocycles. The van der Waals surface area contributed by atoms with E-state index in [1.165, 1.54) is 4.90 Å². The number of nitrogens with zero attached hydrogens (tertiary/aromatic N) is 1. The number of imide groups is 1. The summed E-state index contributed by atoms with van der Waals surface area (Å²) in [5.74, 6) is -0.536. The molecule has 1 heterocycles. The summed E-state index contributed by atoms with van der Waals surface area (Å²) in [4.78, 5) is 38.4. The molecule has 6 heteroatoms. The third-order valence-corrected chi connectivity index (χ3v) is 5.17. The lowest BCUT2D eigenvalue weighted by atomic mass is 10.1. The fourth-order valence-corrected chi connectivity index (χ4v) is 3.58. The van der Waals surface area contributed by atoms with Crippen molar-refractivity contribution >= 4 is 34.9 Å². The van der Waals surface area contributed by atoms with E-state index in [0.717, 1.165) is 28.5 Å². The molecule has 1 fully saturated rings. The van der Waals surface area contributed by atoms with Crippen LogP contribution in [0.4, 0.5) is 4.79 Å². The Balaban J connectivity index is 1.60. The number of hydrogen-bond acceptors (Lipinski definition) is 4. The average Bonchev–Trinajstić information content (AvgIpc) is 2.91. The van der Waals surface area contributed by atoms with Crippen molar-refractivity contribution in [3.63, 3.8) is 0 Å². The maximum absolute atomic E-state index is 12.5. The van der Waals surface area contributed by atoms with E-state index in [-0.39, 0.29) is 30.1 Å². The van der Waals surface area contributed by atoms with Gasteiger partial charge in [-0.2, -0.15) is 0 Å². The summed E-state index contributed by atoms with van der Waals surface area (Å²) < 4.78 is 0. The van der Waals surface area contributed by atoms with Gasteiger partial charge in [0.1, 0.15) is 0 Å². The summed E-state index contributed by atoms with van der Waals surface area (Å²) in [6.07, 6.45) is 1.72. The Morgan fingerprint density at radius 3 is 2.48 bits per heavy atom. The highest BCUT2D eigenvalue weighted by molar-refractivity contribution is 8.18. The molecule has 27 heavy (non-hydrogen) atoms. The molecule has 5 nitrogen and oxygen atoms in total. The molecule has 1 aliphatic rings. The molecule has 0 radical (unpaired) electrons. The molecule has 0 unspecified atom stereocenters. The third-order valence-electron chi connectivity index (χ3n) is 4.26. The first-order valence-corrected chi connectivity index (χ1v) is 9.43. The standard InChI is InChI=1S/C21H20N2O3S/c1-14-7-9-16(10-8-14)13-18-20(25)23(21(26)27-18)12-11-22-19(24)17-6-4-3-5-15(17)2/h3-10,13H,11-12H2,1-2H3,(H,22,24)/b18-13-. The molecule has 0 atom stereocenters. The van der Waals surface area contributed by atoms with E-state index in [1.54, 1.807) is 18.2 Å². The molecular formula is C21H20N2O3S. The van der Waals surface area contributed by atoms with Crippen LogP contribution in [0.5, 0.6) is 0 Å². The van der Waals surface area contributed by atoms with Crippen LogP contribution in [0.15, 0.2) is 53.4 Å². The largest absolute Gasteiger partial charge is 0.350 e. The number of thioether (sulfide) groups is 1. The molecule has 2 aromatic carbocycles. The van der Waals surface area contributed by atoms with Crippen LogP contribution in [-0.2, 0) is 4.79 Å². The Bertz CT molecular complexity index is 919. The maximum atomic E-state index is 12.5. The van der Waals surface area contributed by atoms with E-state index >= 15 is 0 Å². The van der Waals surface area contributed by atoms with Gasteiger partial charge >= 0.3 is 0 Å². The predicted octanol–water partition coefficient (Wildman–Crippen LogP) is 3.77. The van der Waals surface area contributed by atoms with Crippen LogP contribution in [0.2, 0.25) is 0 Å². The Morgan fingerprint density at radius 1 is 1.07 bits per heavy atom. The summed E-state index contributed by atoms with van der Waals surface area (Å²) in [5, 5.41) is 2.45. The zero-order chi connectivity index (χ0) is 19.4. The average molecular weight is 380 g/mol. The van der Waals surface area contributed by atoms with Gasteiger partial charge < -0.3 is 5.32 Å². The summed E-state index contributed by atoms with van der Waals surface area (Å²) in [5.41, 5.74) is 3.47. The van der Waals surface area contributed by atoms with Crippen LogP contribution in [0.1, 0.15) is 27.0 Å². The molecular weight excluding hydrogens is 360 g/mol. The number of carbonyl (C=O) groups is 3. The Hall–Kier alpha value is -2.86. The zero-order valence-corrected chi connectivity index (χ0v) is 16.0. The SMILES string of the molecule is Cc1ccc(/C=C2\SC(=O)N(CCNC(=O)c3ccccc3C)C2=O)cc1. The second-order valence-electron chi connectivity index (χ2n) is 6.31. The molecule has 1 N–H and O–H groups in total. The lowest BCUT2D eigenvalue weighted by Crippen LogP contribution is -2.37. The van der Waals surface area contributed by atoms with Crippen molar-refractivity contribution in [3.8, 4) is 0 Å². The number of nitrogens with one attached hydrogen (secondary N) is 1. The molecule has 0 aromatic heterocycles. The van der Waals surface area contributed by atoms with Crippen LogP contribution in [0.25, 0.3) is 6.08 Å². The van der Waals surface area contributed by atoms with E-state index in [0.29, 0.717) is 10.5 Å². The van der Waals surface area contributed by atoms with E-state index in [1.807, 2.05) is 50.2 Å². The maximum Gasteiger partial charge on any atom is 0.293 e. The number of benzene rings is 2. The van der Waals surface area contributed by atoms with Crippen molar-refractivity contribution < 1.29 is 14.4 Å². The highest BCUT2D eigenvalue weighted by Gasteiger charge is 2.34. The molecule has 138 valence electrons. The van der Waals surface area contributed by atoms with Crippen LogP contribution in [-0.4, -0.2) is 35.0 Å². The Kier molecular flexibility index (Phi) is 5.76. The fraction of sp³-hybridized carbons (Fsp3) is 0.190. The van der Waals surface area contributed by atoms with Crippen molar-refractivity contribution in [1.82, 2.24) is 10.2 Å². The lowest BCUT2D eigenvalue weighted by molar-refractivity contribution is -0.122. The highest BCUT2D eigenvalue weighted by Crippen LogP contribution is 2.31.